The summed E-state index contributed by atoms with van der Waals surface area (Å²) in [5, 5.41) is 2.89. The molecule has 14 heavy (non-hydrogen) atoms. The van der Waals surface area contributed by atoms with E-state index in [0.29, 0.717) is 12.3 Å². The van der Waals surface area contributed by atoms with E-state index in [0.717, 1.165) is 25.8 Å². The lowest BCUT2D eigenvalue weighted by atomic mass is 9.96. The van der Waals surface area contributed by atoms with Crippen LogP contribution in [0.2, 0.25) is 0 Å². The lowest BCUT2D eigenvalue weighted by Gasteiger charge is -2.14. The van der Waals surface area contributed by atoms with Gasteiger partial charge in [-0.15, -0.1) is 0 Å². The van der Waals surface area contributed by atoms with Gasteiger partial charge in [0.2, 0.25) is 5.91 Å². The fraction of sp³-hybridized carbons (Fsp3) is 0.909. The Morgan fingerprint density at radius 2 is 2.00 bits per heavy atom. The van der Waals surface area contributed by atoms with Crippen LogP contribution in [0.5, 0.6) is 0 Å². The smallest absolute Gasteiger partial charge is 0.220 e. The Labute approximate surface area is 87.4 Å². The van der Waals surface area contributed by atoms with Crippen LogP contribution in [-0.4, -0.2) is 18.5 Å². The highest BCUT2D eigenvalue weighted by Gasteiger charge is 2.09. The summed E-state index contributed by atoms with van der Waals surface area (Å²) in [5.41, 5.74) is 5.49. The molecule has 0 radical (unpaired) electrons. The van der Waals surface area contributed by atoms with Crippen molar-refractivity contribution in [3.05, 3.63) is 0 Å². The Bertz CT molecular complexity index is 157. The zero-order chi connectivity index (χ0) is 11.0. The van der Waals surface area contributed by atoms with Gasteiger partial charge in [-0.3, -0.25) is 4.79 Å². The minimum absolute atomic E-state index is 0.162. The van der Waals surface area contributed by atoms with Crippen LogP contribution in [0.15, 0.2) is 0 Å². The maximum Gasteiger partial charge on any atom is 0.220 e. The summed E-state index contributed by atoms with van der Waals surface area (Å²) >= 11 is 0. The van der Waals surface area contributed by atoms with Crippen LogP contribution in [-0.2, 0) is 4.79 Å². The van der Waals surface area contributed by atoms with Crippen LogP contribution < -0.4 is 11.1 Å². The number of nitrogens with two attached hydrogens (primary N) is 1. The minimum atomic E-state index is 0.162. The topological polar surface area (TPSA) is 55.1 Å². The van der Waals surface area contributed by atoms with E-state index in [1.165, 1.54) is 0 Å². The zero-order valence-electron chi connectivity index (χ0n) is 9.68. The molecule has 0 aromatic carbocycles. The van der Waals surface area contributed by atoms with Crippen molar-refractivity contribution in [3.8, 4) is 0 Å². The summed E-state index contributed by atoms with van der Waals surface area (Å²) in [4.78, 5) is 11.3. The zero-order valence-corrected chi connectivity index (χ0v) is 9.68. The van der Waals surface area contributed by atoms with Gasteiger partial charge in [-0.1, -0.05) is 13.3 Å². The molecule has 0 aromatic heterocycles. The number of carbonyl (C=O) groups excluding carboxylic acids is 1. The number of carbonyl (C=O) groups is 1. The Morgan fingerprint density at radius 1 is 1.36 bits per heavy atom. The molecule has 1 atom stereocenters. The average Bonchev–Trinajstić information content (AvgIpc) is 2.11. The van der Waals surface area contributed by atoms with Crippen molar-refractivity contribution in [3.63, 3.8) is 0 Å². The van der Waals surface area contributed by atoms with Gasteiger partial charge in [-0.05, 0) is 39.2 Å². The van der Waals surface area contributed by atoms with Gasteiger partial charge in [-0.2, -0.15) is 0 Å². The molecule has 0 fully saturated rings. The molecular formula is C11H24N2O. The first-order valence-corrected chi connectivity index (χ1v) is 5.59. The Hall–Kier alpha value is -0.570. The molecule has 3 heteroatoms. The lowest BCUT2D eigenvalue weighted by Crippen LogP contribution is -2.30. The first kappa shape index (κ1) is 13.4. The molecule has 84 valence electrons. The average molecular weight is 200 g/mol. The van der Waals surface area contributed by atoms with Crippen LogP contribution in [0.1, 0.15) is 46.5 Å². The second-order valence-electron chi connectivity index (χ2n) is 4.11. The van der Waals surface area contributed by atoms with E-state index < -0.39 is 0 Å². The van der Waals surface area contributed by atoms with Crippen molar-refractivity contribution in [2.45, 2.75) is 52.5 Å². The molecule has 0 saturated heterocycles. The molecule has 0 rings (SSSR count). The summed E-state index contributed by atoms with van der Waals surface area (Å²) in [6.45, 7) is 6.84. The third kappa shape index (κ3) is 6.89. The van der Waals surface area contributed by atoms with Gasteiger partial charge >= 0.3 is 0 Å². The Kier molecular flexibility index (Phi) is 7.48. The molecule has 0 bridgehead atoms. The molecule has 3 N–H and O–H groups in total. The van der Waals surface area contributed by atoms with Crippen LogP contribution in [0, 0.1) is 5.92 Å². The summed E-state index contributed by atoms with van der Waals surface area (Å²) in [7, 11) is 0. The summed E-state index contributed by atoms with van der Waals surface area (Å²) in [5.74, 6) is 0.772. The first-order chi connectivity index (χ1) is 6.60. The van der Waals surface area contributed by atoms with Crippen molar-refractivity contribution in [2.75, 3.05) is 6.54 Å². The second-order valence-corrected chi connectivity index (χ2v) is 4.11. The summed E-state index contributed by atoms with van der Waals surface area (Å²) in [6.07, 6.45) is 3.75. The molecule has 0 aliphatic rings. The molecule has 1 unspecified atom stereocenters. The third-order valence-corrected chi connectivity index (χ3v) is 2.38. The summed E-state index contributed by atoms with van der Waals surface area (Å²) < 4.78 is 0. The number of hydrogen-bond donors (Lipinski definition) is 2. The number of nitrogens with one attached hydrogen (secondary N) is 1. The van der Waals surface area contributed by atoms with Gasteiger partial charge in [0, 0.05) is 12.5 Å². The normalized spacial score (nSPS) is 12.9. The quantitative estimate of drug-likeness (QED) is 0.657. The fourth-order valence-corrected chi connectivity index (χ4v) is 1.52. The van der Waals surface area contributed by atoms with E-state index in [2.05, 4.69) is 12.2 Å². The van der Waals surface area contributed by atoms with Gasteiger partial charge in [-0.25, -0.2) is 0 Å². The molecule has 0 spiro atoms. The van der Waals surface area contributed by atoms with Gasteiger partial charge in [0.25, 0.3) is 0 Å². The molecule has 0 heterocycles. The van der Waals surface area contributed by atoms with E-state index in [1.807, 2.05) is 13.8 Å². The van der Waals surface area contributed by atoms with Crippen molar-refractivity contribution >= 4 is 5.91 Å². The monoisotopic (exact) mass is 200 g/mol. The van der Waals surface area contributed by atoms with Crippen molar-refractivity contribution < 1.29 is 4.79 Å². The first-order valence-electron chi connectivity index (χ1n) is 5.59. The van der Waals surface area contributed by atoms with E-state index in [-0.39, 0.29) is 11.9 Å². The standard InChI is InChI=1S/C11H24N2O/c1-4-10(7-8-12)5-6-11(14)13-9(2)3/h9-10H,4-8,12H2,1-3H3,(H,13,14). The largest absolute Gasteiger partial charge is 0.354 e. The highest BCUT2D eigenvalue weighted by molar-refractivity contribution is 5.76. The number of rotatable bonds is 7. The fourth-order valence-electron chi connectivity index (χ4n) is 1.52. The van der Waals surface area contributed by atoms with Crippen LogP contribution in [0.4, 0.5) is 0 Å². The maximum atomic E-state index is 11.3. The third-order valence-electron chi connectivity index (χ3n) is 2.38. The Balaban J connectivity index is 3.62. The molecular weight excluding hydrogens is 176 g/mol. The van der Waals surface area contributed by atoms with Gasteiger partial charge in [0.15, 0.2) is 0 Å². The van der Waals surface area contributed by atoms with Crippen molar-refractivity contribution in [2.24, 2.45) is 11.7 Å². The Morgan fingerprint density at radius 3 is 2.43 bits per heavy atom. The highest BCUT2D eigenvalue weighted by Crippen LogP contribution is 2.14. The SMILES string of the molecule is CCC(CCN)CCC(=O)NC(C)C. The predicted octanol–water partition coefficient (Wildman–Crippen LogP) is 1.67. The van der Waals surface area contributed by atoms with E-state index in [9.17, 15) is 4.79 Å². The lowest BCUT2D eigenvalue weighted by molar-refractivity contribution is -0.121. The highest BCUT2D eigenvalue weighted by atomic mass is 16.1. The van der Waals surface area contributed by atoms with E-state index in [1.54, 1.807) is 0 Å². The van der Waals surface area contributed by atoms with Gasteiger partial charge in [0.05, 0.1) is 0 Å². The van der Waals surface area contributed by atoms with Crippen molar-refractivity contribution in [1.29, 1.82) is 0 Å². The molecule has 0 aliphatic carbocycles. The maximum absolute atomic E-state index is 11.3. The predicted molar refractivity (Wildman–Crippen MR) is 60.0 cm³/mol. The number of amides is 1. The van der Waals surface area contributed by atoms with Crippen LogP contribution in [0.25, 0.3) is 0 Å². The van der Waals surface area contributed by atoms with Crippen molar-refractivity contribution in [1.82, 2.24) is 5.32 Å². The molecule has 3 nitrogen and oxygen atoms in total. The second kappa shape index (κ2) is 7.80. The number of hydrogen-bond acceptors (Lipinski definition) is 2. The summed E-state index contributed by atoms with van der Waals surface area (Å²) in [6, 6.07) is 0.247. The molecule has 0 aliphatic heterocycles. The minimum Gasteiger partial charge on any atom is -0.354 e. The van der Waals surface area contributed by atoms with Gasteiger partial charge < -0.3 is 11.1 Å². The van der Waals surface area contributed by atoms with E-state index in [4.69, 9.17) is 5.73 Å². The molecule has 0 aromatic rings. The van der Waals surface area contributed by atoms with E-state index >= 15 is 0 Å². The molecule has 1 amide bonds. The molecule has 0 saturated carbocycles. The van der Waals surface area contributed by atoms with Crippen LogP contribution >= 0.6 is 0 Å². The van der Waals surface area contributed by atoms with Crippen LogP contribution in [0.3, 0.4) is 0 Å². The van der Waals surface area contributed by atoms with Gasteiger partial charge in [0.1, 0.15) is 0 Å².